The number of hydrogen-bond acceptors (Lipinski definition) is 3. The maximum Gasteiger partial charge on any atom is 0.254 e. The van der Waals surface area contributed by atoms with E-state index >= 15 is 0 Å². The minimum atomic E-state index is 0.0978. The van der Waals surface area contributed by atoms with Gasteiger partial charge in [-0.05, 0) is 30.2 Å². The van der Waals surface area contributed by atoms with Crippen LogP contribution >= 0.6 is 0 Å². The SMILES string of the molecule is CCCC[C@H]1C=CCN1C(=O)c1ccc(-c2cnn3cccnc23)cc1. The quantitative estimate of drug-likeness (QED) is 0.657. The molecule has 0 radical (unpaired) electrons. The van der Waals surface area contributed by atoms with E-state index in [-0.39, 0.29) is 11.9 Å². The minimum absolute atomic E-state index is 0.0978. The third-order valence-corrected chi connectivity index (χ3v) is 4.90. The number of aromatic nitrogens is 3. The van der Waals surface area contributed by atoms with Gasteiger partial charge < -0.3 is 4.90 Å². The van der Waals surface area contributed by atoms with E-state index in [1.807, 2.05) is 47.6 Å². The van der Waals surface area contributed by atoms with E-state index in [4.69, 9.17) is 0 Å². The van der Waals surface area contributed by atoms with E-state index in [9.17, 15) is 4.79 Å². The molecule has 0 N–H and O–H groups in total. The van der Waals surface area contributed by atoms with Crippen LogP contribution in [0.1, 0.15) is 36.5 Å². The average Bonchev–Trinajstić information content (AvgIpc) is 3.33. The van der Waals surface area contributed by atoms with E-state index in [1.54, 1.807) is 10.7 Å². The lowest BCUT2D eigenvalue weighted by molar-refractivity contribution is 0.0743. The number of fused-ring (bicyclic) bond motifs is 1. The van der Waals surface area contributed by atoms with Gasteiger partial charge in [0.05, 0.1) is 12.2 Å². The molecular formula is C21H22N4O. The van der Waals surface area contributed by atoms with Crippen molar-refractivity contribution in [2.24, 2.45) is 0 Å². The summed E-state index contributed by atoms with van der Waals surface area (Å²) in [6.45, 7) is 2.88. The Hall–Kier alpha value is -2.95. The van der Waals surface area contributed by atoms with Crippen molar-refractivity contribution in [3.63, 3.8) is 0 Å². The molecular weight excluding hydrogens is 324 g/mol. The summed E-state index contributed by atoms with van der Waals surface area (Å²) in [5.41, 5.74) is 3.52. The normalized spacial score (nSPS) is 16.5. The molecule has 1 aliphatic heterocycles. The van der Waals surface area contributed by atoms with Crippen LogP contribution in [0.5, 0.6) is 0 Å². The molecule has 1 atom stereocenters. The van der Waals surface area contributed by atoms with Crippen LogP contribution in [-0.2, 0) is 0 Å². The number of amides is 1. The zero-order valence-corrected chi connectivity index (χ0v) is 14.9. The number of hydrogen-bond donors (Lipinski definition) is 0. The van der Waals surface area contributed by atoms with Gasteiger partial charge in [0.25, 0.3) is 5.91 Å². The molecule has 4 rings (SSSR count). The summed E-state index contributed by atoms with van der Waals surface area (Å²) in [6, 6.07) is 9.84. The summed E-state index contributed by atoms with van der Waals surface area (Å²) in [4.78, 5) is 19.2. The van der Waals surface area contributed by atoms with Crippen molar-refractivity contribution in [3.05, 3.63) is 66.6 Å². The van der Waals surface area contributed by atoms with Crippen molar-refractivity contribution in [2.45, 2.75) is 32.2 Å². The fourth-order valence-corrected chi connectivity index (χ4v) is 3.46. The zero-order valence-electron chi connectivity index (χ0n) is 14.9. The predicted octanol–water partition coefficient (Wildman–Crippen LogP) is 3.97. The minimum Gasteiger partial charge on any atom is -0.328 e. The molecule has 0 saturated carbocycles. The van der Waals surface area contributed by atoms with Gasteiger partial charge in [0.2, 0.25) is 0 Å². The fraction of sp³-hybridized carbons (Fsp3) is 0.286. The van der Waals surface area contributed by atoms with E-state index in [0.717, 1.165) is 41.6 Å². The van der Waals surface area contributed by atoms with Crippen LogP contribution in [0.3, 0.4) is 0 Å². The molecule has 0 aliphatic carbocycles. The van der Waals surface area contributed by atoms with Crippen LogP contribution in [0.4, 0.5) is 0 Å². The van der Waals surface area contributed by atoms with E-state index in [0.29, 0.717) is 6.54 Å². The molecule has 1 aliphatic rings. The van der Waals surface area contributed by atoms with Gasteiger partial charge in [-0.1, -0.05) is 44.1 Å². The van der Waals surface area contributed by atoms with Gasteiger partial charge in [0.15, 0.2) is 5.65 Å². The highest BCUT2D eigenvalue weighted by Gasteiger charge is 2.25. The molecule has 26 heavy (non-hydrogen) atoms. The highest BCUT2D eigenvalue weighted by atomic mass is 16.2. The molecule has 3 aromatic rings. The zero-order chi connectivity index (χ0) is 17.9. The number of rotatable bonds is 5. The Bertz CT molecular complexity index is 942. The first kappa shape index (κ1) is 16.5. The Morgan fingerprint density at radius 2 is 2.12 bits per heavy atom. The number of unbranched alkanes of at least 4 members (excludes halogenated alkanes) is 1. The Kier molecular flexibility index (Phi) is 4.52. The lowest BCUT2D eigenvalue weighted by Gasteiger charge is -2.24. The molecule has 0 unspecified atom stereocenters. The van der Waals surface area contributed by atoms with Crippen molar-refractivity contribution < 1.29 is 4.79 Å². The molecule has 0 fully saturated rings. The number of nitrogens with zero attached hydrogens (tertiary/aromatic N) is 4. The molecule has 0 saturated heterocycles. The number of carbonyl (C=O) groups excluding carboxylic acids is 1. The smallest absolute Gasteiger partial charge is 0.254 e. The molecule has 0 spiro atoms. The van der Waals surface area contributed by atoms with E-state index < -0.39 is 0 Å². The molecule has 1 amide bonds. The summed E-state index contributed by atoms with van der Waals surface area (Å²) in [5, 5.41) is 4.32. The lowest BCUT2D eigenvalue weighted by atomic mass is 10.0. The second kappa shape index (κ2) is 7.12. The highest BCUT2D eigenvalue weighted by Crippen LogP contribution is 2.25. The third-order valence-electron chi connectivity index (χ3n) is 4.90. The van der Waals surface area contributed by atoms with Crippen LogP contribution in [0.15, 0.2) is 61.1 Å². The summed E-state index contributed by atoms with van der Waals surface area (Å²) < 4.78 is 1.75. The summed E-state index contributed by atoms with van der Waals surface area (Å²) in [7, 11) is 0. The van der Waals surface area contributed by atoms with E-state index in [1.165, 1.54) is 0 Å². The molecule has 5 heteroatoms. The van der Waals surface area contributed by atoms with Crippen LogP contribution in [0, 0.1) is 0 Å². The first-order valence-corrected chi connectivity index (χ1v) is 9.14. The summed E-state index contributed by atoms with van der Waals surface area (Å²) >= 11 is 0. The van der Waals surface area contributed by atoms with Crippen LogP contribution in [0.2, 0.25) is 0 Å². The fourth-order valence-electron chi connectivity index (χ4n) is 3.46. The maximum absolute atomic E-state index is 12.9. The van der Waals surface area contributed by atoms with Crippen LogP contribution in [0.25, 0.3) is 16.8 Å². The Labute approximate surface area is 153 Å². The highest BCUT2D eigenvalue weighted by molar-refractivity contribution is 5.95. The second-order valence-corrected chi connectivity index (χ2v) is 6.62. The topological polar surface area (TPSA) is 50.5 Å². The maximum atomic E-state index is 12.9. The Balaban J connectivity index is 1.55. The summed E-state index contributed by atoms with van der Waals surface area (Å²) in [6.07, 6.45) is 13.0. The van der Waals surface area contributed by atoms with Gasteiger partial charge in [-0.25, -0.2) is 9.50 Å². The van der Waals surface area contributed by atoms with Gasteiger partial charge >= 0.3 is 0 Å². The van der Waals surface area contributed by atoms with Crippen molar-refractivity contribution in [2.75, 3.05) is 6.54 Å². The monoisotopic (exact) mass is 346 g/mol. The van der Waals surface area contributed by atoms with Gasteiger partial charge in [0.1, 0.15) is 0 Å². The third kappa shape index (κ3) is 3.01. The Morgan fingerprint density at radius 1 is 1.27 bits per heavy atom. The number of benzene rings is 1. The van der Waals surface area contributed by atoms with Gasteiger partial charge in [-0.3, -0.25) is 4.79 Å². The molecule has 1 aromatic carbocycles. The predicted molar refractivity (Wildman–Crippen MR) is 102 cm³/mol. The van der Waals surface area contributed by atoms with Gasteiger partial charge in [-0.15, -0.1) is 0 Å². The van der Waals surface area contributed by atoms with Crippen LogP contribution < -0.4 is 0 Å². The molecule has 5 nitrogen and oxygen atoms in total. The average molecular weight is 346 g/mol. The van der Waals surface area contributed by atoms with Crippen molar-refractivity contribution in [1.29, 1.82) is 0 Å². The Morgan fingerprint density at radius 3 is 2.92 bits per heavy atom. The van der Waals surface area contributed by atoms with Crippen molar-refractivity contribution >= 4 is 11.6 Å². The van der Waals surface area contributed by atoms with E-state index in [2.05, 4.69) is 29.2 Å². The molecule has 0 bridgehead atoms. The first-order chi connectivity index (χ1) is 12.8. The lowest BCUT2D eigenvalue weighted by Crippen LogP contribution is -2.36. The van der Waals surface area contributed by atoms with Crippen molar-refractivity contribution in [3.8, 4) is 11.1 Å². The van der Waals surface area contributed by atoms with Crippen molar-refractivity contribution in [1.82, 2.24) is 19.5 Å². The molecule has 132 valence electrons. The summed E-state index contributed by atoms with van der Waals surface area (Å²) in [5.74, 6) is 0.0978. The van der Waals surface area contributed by atoms with Crippen LogP contribution in [-0.4, -0.2) is 38.0 Å². The molecule has 2 aromatic heterocycles. The van der Waals surface area contributed by atoms with Gasteiger partial charge in [-0.2, -0.15) is 5.10 Å². The second-order valence-electron chi connectivity index (χ2n) is 6.62. The molecule has 3 heterocycles. The number of carbonyl (C=O) groups is 1. The van der Waals surface area contributed by atoms with Gasteiger partial charge in [0, 0.05) is 30.1 Å². The first-order valence-electron chi connectivity index (χ1n) is 9.14. The standard InChI is InChI=1S/C21H22N4O/c1-2-3-6-18-7-4-13-24(18)21(26)17-10-8-16(9-11-17)19-15-23-25-14-5-12-22-20(19)25/h4-5,7-12,14-15,18H,2-3,6,13H2,1H3/t18-/m0/s1. The largest absolute Gasteiger partial charge is 0.328 e.